The number of carbonyl (C=O) groups is 4. The van der Waals surface area contributed by atoms with Gasteiger partial charge in [-0.05, 0) is 25.7 Å². The number of hydrogen-bond donors (Lipinski definition) is 2. The molecular weight excluding hydrogens is 468 g/mol. The van der Waals surface area contributed by atoms with E-state index in [1.807, 2.05) is 20.8 Å². The zero-order valence-electron chi connectivity index (χ0n) is 22.6. The van der Waals surface area contributed by atoms with E-state index in [0.29, 0.717) is 77.6 Å². The van der Waals surface area contributed by atoms with Crippen LogP contribution in [0.2, 0.25) is 0 Å². The summed E-state index contributed by atoms with van der Waals surface area (Å²) in [5, 5.41) is 5.50. The molecule has 2 N–H and O–H groups in total. The molecule has 0 saturated carbocycles. The molecule has 0 bridgehead atoms. The number of hydrogen-bond acceptors (Lipinski definition) is 8. The highest BCUT2D eigenvalue weighted by molar-refractivity contribution is 5.80. The van der Waals surface area contributed by atoms with Gasteiger partial charge in [-0.1, -0.05) is 27.2 Å². The summed E-state index contributed by atoms with van der Waals surface area (Å²) >= 11 is 0. The van der Waals surface area contributed by atoms with Crippen LogP contribution in [0.1, 0.15) is 72.1 Å². The third-order valence-electron chi connectivity index (χ3n) is 5.52. The second kappa shape index (κ2) is 24.8. The Morgan fingerprint density at radius 2 is 1.22 bits per heavy atom. The van der Waals surface area contributed by atoms with Crippen molar-refractivity contribution in [3.63, 3.8) is 0 Å². The molecule has 0 unspecified atom stereocenters. The lowest BCUT2D eigenvalue weighted by molar-refractivity contribution is -0.127. The molecule has 0 aromatic heterocycles. The molecule has 0 rings (SSSR count). The Balaban J connectivity index is 3.42. The predicted octanol–water partition coefficient (Wildman–Crippen LogP) is 2.22. The van der Waals surface area contributed by atoms with Crippen LogP contribution in [0.5, 0.6) is 0 Å². The molecule has 0 aliphatic rings. The molecule has 2 amide bonds. The highest BCUT2D eigenvalue weighted by Crippen LogP contribution is 2.15. The maximum absolute atomic E-state index is 11.8. The topological polar surface area (TPSA) is 129 Å². The fourth-order valence-corrected chi connectivity index (χ4v) is 3.31. The van der Waals surface area contributed by atoms with Gasteiger partial charge in [-0.15, -0.1) is 0 Å². The normalized spacial score (nSPS) is 11.8. The summed E-state index contributed by atoms with van der Waals surface area (Å²) in [7, 11) is 0. The molecule has 0 spiro atoms. The first kappa shape index (κ1) is 34.1. The van der Waals surface area contributed by atoms with E-state index in [0.717, 1.165) is 25.7 Å². The van der Waals surface area contributed by atoms with Crippen LogP contribution >= 0.6 is 0 Å². The number of ketones is 2. The summed E-state index contributed by atoms with van der Waals surface area (Å²) in [6, 6.07) is 0. The molecule has 0 aliphatic carbocycles. The smallest absolute Gasteiger partial charge is 0.246 e. The van der Waals surface area contributed by atoms with Crippen molar-refractivity contribution in [3.8, 4) is 0 Å². The average molecular weight is 517 g/mol. The van der Waals surface area contributed by atoms with E-state index in [2.05, 4.69) is 10.6 Å². The summed E-state index contributed by atoms with van der Waals surface area (Å²) in [6.07, 6.45) is 5.89. The second-order valence-corrected chi connectivity index (χ2v) is 8.45. The van der Waals surface area contributed by atoms with Gasteiger partial charge in [-0.2, -0.15) is 0 Å². The van der Waals surface area contributed by atoms with Crippen LogP contribution in [0.15, 0.2) is 0 Å². The zero-order chi connectivity index (χ0) is 26.9. The van der Waals surface area contributed by atoms with Gasteiger partial charge in [0.1, 0.15) is 24.8 Å². The first-order chi connectivity index (χ1) is 17.4. The molecule has 0 saturated heterocycles. The lowest BCUT2D eigenvalue weighted by Gasteiger charge is -2.12. The van der Waals surface area contributed by atoms with Gasteiger partial charge in [0.15, 0.2) is 0 Å². The van der Waals surface area contributed by atoms with Gasteiger partial charge in [0.05, 0.1) is 33.0 Å². The van der Waals surface area contributed by atoms with Crippen molar-refractivity contribution >= 4 is 23.4 Å². The average Bonchev–Trinajstić information content (AvgIpc) is 2.88. The van der Waals surface area contributed by atoms with E-state index >= 15 is 0 Å². The molecule has 0 aromatic carbocycles. The first-order valence-electron chi connectivity index (χ1n) is 13.3. The van der Waals surface area contributed by atoms with Crippen molar-refractivity contribution in [3.05, 3.63) is 0 Å². The maximum atomic E-state index is 11.8. The van der Waals surface area contributed by atoms with Crippen LogP contribution in [0.3, 0.4) is 0 Å². The zero-order valence-corrected chi connectivity index (χ0v) is 22.6. The molecule has 0 radical (unpaired) electrons. The number of carbonyl (C=O) groups excluding carboxylic acids is 4. The Kier molecular flexibility index (Phi) is 23.5. The second-order valence-electron chi connectivity index (χ2n) is 8.45. The fraction of sp³-hybridized carbons (Fsp3) is 0.846. The first-order valence-corrected chi connectivity index (χ1v) is 13.3. The lowest BCUT2D eigenvalue weighted by Crippen LogP contribution is -2.31. The van der Waals surface area contributed by atoms with Crippen LogP contribution < -0.4 is 10.6 Å². The molecule has 1 atom stereocenters. The van der Waals surface area contributed by atoms with E-state index in [4.69, 9.17) is 18.9 Å². The summed E-state index contributed by atoms with van der Waals surface area (Å²) < 4.78 is 21.2. The van der Waals surface area contributed by atoms with Crippen LogP contribution in [-0.2, 0) is 38.1 Å². The third-order valence-corrected chi connectivity index (χ3v) is 5.52. The predicted molar refractivity (Wildman–Crippen MR) is 137 cm³/mol. The number of ether oxygens (including phenoxy) is 4. The Hall–Kier alpha value is -1.88. The molecule has 36 heavy (non-hydrogen) atoms. The standard InChI is InChI=1S/C26H48N2O8/c1-4-22(24(30)6-3)10-7-8-12-27-25(31)20-36-19-17-34-15-13-28-26(32)21-35-18-16-33-14-9-11-23(29)5-2/h22H,4-21H2,1-3H3,(H,27,31)(H,28,32)/t22-/m0/s1. The van der Waals surface area contributed by atoms with Gasteiger partial charge in [0, 0.05) is 44.9 Å². The minimum absolute atomic E-state index is 0.0239. The fourth-order valence-electron chi connectivity index (χ4n) is 3.31. The molecule has 0 heterocycles. The van der Waals surface area contributed by atoms with Gasteiger partial charge >= 0.3 is 0 Å². The highest BCUT2D eigenvalue weighted by atomic mass is 16.5. The van der Waals surface area contributed by atoms with E-state index in [1.165, 1.54) is 0 Å². The van der Waals surface area contributed by atoms with Gasteiger partial charge in [-0.25, -0.2) is 0 Å². The molecule has 10 heteroatoms. The largest absolute Gasteiger partial charge is 0.379 e. The van der Waals surface area contributed by atoms with Crippen molar-refractivity contribution in [2.75, 3.05) is 65.9 Å². The number of unbranched alkanes of at least 4 members (excludes halogenated alkanes) is 1. The van der Waals surface area contributed by atoms with Crippen molar-refractivity contribution in [2.24, 2.45) is 5.92 Å². The molecule has 0 fully saturated rings. The summed E-state index contributed by atoms with van der Waals surface area (Å²) in [5.74, 6) is 0.288. The summed E-state index contributed by atoms with van der Waals surface area (Å²) in [4.78, 5) is 46.3. The Morgan fingerprint density at radius 1 is 0.639 bits per heavy atom. The molecule has 10 nitrogen and oxygen atoms in total. The van der Waals surface area contributed by atoms with E-state index < -0.39 is 0 Å². The Morgan fingerprint density at radius 3 is 1.81 bits per heavy atom. The molecule has 0 aliphatic heterocycles. The van der Waals surface area contributed by atoms with Crippen LogP contribution in [0.4, 0.5) is 0 Å². The van der Waals surface area contributed by atoms with Crippen molar-refractivity contribution < 1.29 is 38.1 Å². The van der Waals surface area contributed by atoms with E-state index in [-0.39, 0.29) is 43.3 Å². The summed E-state index contributed by atoms with van der Waals surface area (Å²) in [6.45, 7) is 8.79. The van der Waals surface area contributed by atoms with Crippen molar-refractivity contribution in [1.82, 2.24) is 10.6 Å². The Labute approximate surface area is 216 Å². The highest BCUT2D eigenvalue weighted by Gasteiger charge is 2.13. The monoisotopic (exact) mass is 516 g/mol. The number of rotatable bonds is 26. The van der Waals surface area contributed by atoms with Crippen LogP contribution in [0.25, 0.3) is 0 Å². The SMILES string of the molecule is CCC(=O)CCCOCCOCC(=O)NCCOCCOCC(=O)NCCCC[C@H](CC)C(=O)CC. The lowest BCUT2D eigenvalue weighted by atomic mass is 9.93. The number of Topliss-reactive ketones (excluding diaryl/α,β-unsaturated/α-hetero) is 2. The third kappa shape index (κ3) is 21.4. The minimum atomic E-state index is -0.234. The number of nitrogens with one attached hydrogen (secondary N) is 2. The maximum Gasteiger partial charge on any atom is 0.246 e. The molecule has 0 aromatic rings. The van der Waals surface area contributed by atoms with Crippen LogP contribution in [0, 0.1) is 5.92 Å². The number of amides is 2. The molecule has 210 valence electrons. The van der Waals surface area contributed by atoms with Crippen molar-refractivity contribution in [1.29, 1.82) is 0 Å². The molecular formula is C26H48N2O8. The Bertz CT molecular complexity index is 600. The summed E-state index contributed by atoms with van der Waals surface area (Å²) in [5.41, 5.74) is 0. The van der Waals surface area contributed by atoms with Gasteiger partial charge in [0.2, 0.25) is 11.8 Å². The van der Waals surface area contributed by atoms with E-state index in [9.17, 15) is 19.2 Å². The minimum Gasteiger partial charge on any atom is -0.379 e. The van der Waals surface area contributed by atoms with Gasteiger partial charge < -0.3 is 29.6 Å². The van der Waals surface area contributed by atoms with Gasteiger partial charge in [0.25, 0.3) is 0 Å². The van der Waals surface area contributed by atoms with Gasteiger partial charge in [-0.3, -0.25) is 19.2 Å². The quantitative estimate of drug-likeness (QED) is 0.167. The van der Waals surface area contributed by atoms with Crippen molar-refractivity contribution in [2.45, 2.75) is 72.1 Å². The van der Waals surface area contributed by atoms with Crippen LogP contribution in [-0.4, -0.2) is 89.3 Å². The van der Waals surface area contributed by atoms with E-state index in [1.54, 1.807) is 0 Å².